The van der Waals surface area contributed by atoms with Gasteiger partial charge in [-0.25, -0.2) is 0 Å². The van der Waals surface area contributed by atoms with E-state index in [1.807, 2.05) is 6.92 Å². The predicted molar refractivity (Wildman–Crippen MR) is 139 cm³/mol. The van der Waals surface area contributed by atoms with Gasteiger partial charge in [-0.15, -0.1) is 0 Å². The van der Waals surface area contributed by atoms with Crippen LogP contribution in [0.15, 0.2) is 63.8 Å². The molecule has 0 bridgehead atoms. The highest BCUT2D eigenvalue weighted by atomic mass is 35.5. The molecule has 1 amide bonds. The Hall–Kier alpha value is -3.19. The monoisotopic (exact) mass is 531 g/mol. The van der Waals surface area contributed by atoms with E-state index in [1.54, 1.807) is 61.5 Å². The summed E-state index contributed by atoms with van der Waals surface area (Å²) in [6.07, 6.45) is 0.563. The maximum absolute atomic E-state index is 13.2. The first-order valence-corrected chi connectivity index (χ1v) is 11.8. The molecule has 3 aromatic carbocycles. The van der Waals surface area contributed by atoms with Gasteiger partial charge in [0, 0.05) is 16.1 Å². The van der Waals surface area contributed by atoms with Gasteiger partial charge in [0.05, 0.1) is 16.1 Å². The third-order valence-electron chi connectivity index (χ3n) is 5.17. The van der Waals surface area contributed by atoms with E-state index in [9.17, 15) is 9.59 Å². The molecule has 1 heterocycles. The standard InChI is InChI=1S/C26H20Cl3NO5/c1-3-15-10-19-23(34-14(2)26(25(19)32)35-18-7-4-16(27)5-8-18)12-22(15)33-13-24(31)30-21-11-17(28)6-9-20(21)29/h4-12H,3,13H2,1-2H3,(H,30,31). The van der Waals surface area contributed by atoms with Gasteiger partial charge in [-0.1, -0.05) is 41.7 Å². The number of benzene rings is 3. The van der Waals surface area contributed by atoms with E-state index in [0.29, 0.717) is 55.4 Å². The maximum Gasteiger partial charge on any atom is 0.262 e. The molecule has 4 rings (SSSR count). The molecule has 1 aromatic heterocycles. The second-order valence-corrected chi connectivity index (χ2v) is 8.92. The van der Waals surface area contributed by atoms with Crippen LogP contribution in [0.5, 0.6) is 17.2 Å². The Morgan fingerprint density at radius 1 is 1.00 bits per heavy atom. The second kappa shape index (κ2) is 10.6. The van der Waals surface area contributed by atoms with Crippen molar-refractivity contribution in [2.24, 2.45) is 0 Å². The summed E-state index contributed by atoms with van der Waals surface area (Å²) in [6, 6.07) is 14.7. The van der Waals surface area contributed by atoms with Gasteiger partial charge in [-0.3, -0.25) is 9.59 Å². The quantitative estimate of drug-likeness (QED) is 0.268. The minimum absolute atomic E-state index is 0.0910. The molecule has 0 fully saturated rings. The van der Waals surface area contributed by atoms with E-state index in [2.05, 4.69) is 5.32 Å². The van der Waals surface area contributed by atoms with Crippen molar-refractivity contribution in [3.05, 3.63) is 91.2 Å². The van der Waals surface area contributed by atoms with Crippen molar-refractivity contribution < 1.29 is 18.7 Å². The maximum atomic E-state index is 13.2. The summed E-state index contributed by atoms with van der Waals surface area (Å²) in [5.74, 6) is 0.877. The van der Waals surface area contributed by atoms with E-state index >= 15 is 0 Å². The lowest BCUT2D eigenvalue weighted by atomic mass is 10.1. The van der Waals surface area contributed by atoms with Crippen LogP contribution in [-0.4, -0.2) is 12.5 Å². The van der Waals surface area contributed by atoms with Gasteiger partial charge in [-0.2, -0.15) is 0 Å². The molecular formula is C26H20Cl3NO5. The summed E-state index contributed by atoms with van der Waals surface area (Å²) >= 11 is 18.0. The summed E-state index contributed by atoms with van der Waals surface area (Å²) < 4.78 is 17.4. The van der Waals surface area contributed by atoms with Crippen LogP contribution in [0.4, 0.5) is 5.69 Å². The van der Waals surface area contributed by atoms with Gasteiger partial charge in [0.2, 0.25) is 11.2 Å². The van der Waals surface area contributed by atoms with Crippen LogP contribution >= 0.6 is 34.8 Å². The van der Waals surface area contributed by atoms with Crippen molar-refractivity contribution in [2.75, 3.05) is 11.9 Å². The Morgan fingerprint density at radius 3 is 2.43 bits per heavy atom. The molecule has 1 N–H and O–H groups in total. The van der Waals surface area contributed by atoms with Crippen molar-refractivity contribution in [3.63, 3.8) is 0 Å². The Bertz CT molecular complexity index is 1470. The average Bonchev–Trinajstić information content (AvgIpc) is 2.83. The smallest absolute Gasteiger partial charge is 0.262 e. The fourth-order valence-electron chi connectivity index (χ4n) is 3.43. The number of ether oxygens (including phenoxy) is 2. The zero-order valence-corrected chi connectivity index (χ0v) is 21.1. The van der Waals surface area contributed by atoms with Gasteiger partial charge in [-0.05, 0) is 67.4 Å². The number of hydrogen-bond donors (Lipinski definition) is 1. The molecule has 180 valence electrons. The normalized spacial score (nSPS) is 10.9. The first kappa shape index (κ1) is 24.9. The van der Waals surface area contributed by atoms with E-state index in [1.165, 1.54) is 0 Å². The predicted octanol–water partition coefficient (Wildman–Crippen LogP) is 7.43. The first-order chi connectivity index (χ1) is 16.7. The summed E-state index contributed by atoms with van der Waals surface area (Å²) in [5.41, 5.74) is 1.13. The topological polar surface area (TPSA) is 77.8 Å². The van der Waals surface area contributed by atoms with Crippen LogP contribution in [0, 0.1) is 6.92 Å². The lowest BCUT2D eigenvalue weighted by molar-refractivity contribution is -0.118. The summed E-state index contributed by atoms with van der Waals surface area (Å²) in [6.45, 7) is 3.28. The lowest BCUT2D eigenvalue weighted by Gasteiger charge is -2.14. The van der Waals surface area contributed by atoms with Gasteiger partial charge >= 0.3 is 0 Å². The molecule has 0 unspecified atom stereocenters. The molecule has 0 aliphatic rings. The molecule has 9 heteroatoms. The van der Waals surface area contributed by atoms with Crippen LogP contribution in [0.1, 0.15) is 18.2 Å². The number of carbonyl (C=O) groups excluding carboxylic acids is 1. The number of halogens is 3. The first-order valence-electron chi connectivity index (χ1n) is 10.7. The van der Waals surface area contributed by atoms with Gasteiger partial charge in [0.15, 0.2) is 6.61 Å². The summed E-state index contributed by atoms with van der Waals surface area (Å²) in [4.78, 5) is 25.6. The molecule has 0 aliphatic heterocycles. The molecule has 0 aliphatic carbocycles. The fourth-order valence-corrected chi connectivity index (χ4v) is 3.90. The number of fused-ring (bicyclic) bond motifs is 1. The highest BCUT2D eigenvalue weighted by Gasteiger charge is 2.17. The van der Waals surface area contributed by atoms with Crippen molar-refractivity contribution in [3.8, 4) is 17.2 Å². The zero-order valence-electron chi connectivity index (χ0n) is 18.8. The van der Waals surface area contributed by atoms with Gasteiger partial charge in [0.25, 0.3) is 5.91 Å². The zero-order chi connectivity index (χ0) is 25.1. The minimum atomic E-state index is -0.416. The van der Waals surface area contributed by atoms with Gasteiger partial charge < -0.3 is 19.2 Å². The molecule has 35 heavy (non-hydrogen) atoms. The largest absolute Gasteiger partial charge is 0.483 e. The van der Waals surface area contributed by atoms with Crippen molar-refractivity contribution in [1.29, 1.82) is 0 Å². The summed E-state index contributed by atoms with van der Waals surface area (Å²) in [7, 11) is 0. The number of carbonyl (C=O) groups is 1. The highest BCUT2D eigenvalue weighted by Crippen LogP contribution is 2.31. The Kier molecular flexibility index (Phi) is 7.55. The minimum Gasteiger partial charge on any atom is -0.483 e. The van der Waals surface area contributed by atoms with Crippen LogP contribution in [0.2, 0.25) is 15.1 Å². The molecule has 0 spiro atoms. The molecule has 0 radical (unpaired) electrons. The van der Waals surface area contributed by atoms with Crippen molar-refractivity contribution >= 4 is 57.4 Å². The molecule has 6 nitrogen and oxygen atoms in total. The molecule has 0 saturated heterocycles. The highest BCUT2D eigenvalue weighted by molar-refractivity contribution is 6.35. The van der Waals surface area contributed by atoms with Crippen LogP contribution < -0.4 is 20.2 Å². The number of hydrogen-bond acceptors (Lipinski definition) is 5. The van der Waals surface area contributed by atoms with E-state index in [4.69, 9.17) is 48.7 Å². The SMILES string of the molecule is CCc1cc2c(=O)c(Oc3ccc(Cl)cc3)c(C)oc2cc1OCC(=O)Nc1cc(Cl)ccc1Cl. The van der Waals surface area contributed by atoms with E-state index in [0.717, 1.165) is 5.56 Å². The number of aryl methyl sites for hydroxylation is 2. The van der Waals surface area contributed by atoms with Crippen molar-refractivity contribution in [1.82, 2.24) is 0 Å². The van der Waals surface area contributed by atoms with Crippen LogP contribution in [0.3, 0.4) is 0 Å². The third-order valence-corrected chi connectivity index (χ3v) is 5.99. The van der Waals surface area contributed by atoms with Crippen LogP contribution in [-0.2, 0) is 11.2 Å². The fraction of sp³-hybridized carbons (Fsp3) is 0.154. The number of nitrogens with one attached hydrogen (secondary N) is 1. The van der Waals surface area contributed by atoms with Gasteiger partial charge in [0.1, 0.15) is 22.8 Å². The number of amides is 1. The summed E-state index contributed by atoms with van der Waals surface area (Å²) in [5, 5.41) is 4.38. The van der Waals surface area contributed by atoms with E-state index in [-0.39, 0.29) is 17.8 Å². The second-order valence-electron chi connectivity index (χ2n) is 7.64. The Labute approximate surface area is 216 Å². The van der Waals surface area contributed by atoms with E-state index < -0.39 is 5.91 Å². The Balaban J connectivity index is 1.58. The Morgan fingerprint density at radius 2 is 1.71 bits per heavy atom. The molecule has 0 atom stereocenters. The molecular weight excluding hydrogens is 513 g/mol. The van der Waals surface area contributed by atoms with Crippen LogP contribution in [0.25, 0.3) is 11.0 Å². The molecule has 4 aromatic rings. The molecule has 0 saturated carbocycles. The number of anilines is 1. The lowest BCUT2D eigenvalue weighted by Crippen LogP contribution is -2.20. The average molecular weight is 533 g/mol. The van der Waals surface area contributed by atoms with Crippen molar-refractivity contribution in [2.45, 2.75) is 20.3 Å². The number of rotatable bonds is 7. The third kappa shape index (κ3) is 5.73.